The van der Waals surface area contributed by atoms with Crippen molar-refractivity contribution in [2.75, 3.05) is 20.8 Å². The first-order valence-corrected chi connectivity index (χ1v) is 19.0. The van der Waals surface area contributed by atoms with Crippen molar-refractivity contribution in [2.24, 2.45) is 15.2 Å². The number of carbonyl (C=O) groups is 1. The summed E-state index contributed by atoms with van der Waals surface area (Å²) >= 11 is 0. The van der Waals surface area contributed by atoms with E-state index >= 15 is 0 Å². The molecule has 0 amide bonds. The lowest BCUT2D eigenvalue weighted by Crippen LogP contribution is -2.08. The van der Waals surface area contributed by atoms with Crippen LogP contribution in [0.15, 0.2) is 100 Å². The monoisotopic (exact) mass is 721 g/mol. The zero-order chi connectivity index (χ0) is 37.5. The standard InChI is InChI=1S/C44H55N3O6/c1-4-5-6-7-8-9-10-11-12-13-14-15-16-17-30-52-38-25-18-34(19-26-38)44(49)53-40-28-29-41(43(32-40)51-3)47-46-37-23-21-36(22-24-37)45-33-35-20-27-39(50-2)31-42(35)48/h18-29,31-33,48H,4-17,30H2,1-3H3. The van der Waals surface area contributed by atoms with Crippen LogP contribution in [-0.4, -0.2) is 38.1 Å². The van der Waals surface area contributed by atoms with Crippen molar-refractivity contribution < 1.29 is 28.8 Å². The third kappa shape index (κ3) is 14.8. The number of methoxy groups -OCH3 is 2. The van der Waals surface area contributed by atoms with Gasteiger partial charge in [-0.05, 0) is 79.2 Å². The number of unbranched alkanes of at least 4 members (excludes halogenated alkanes) is 13. The van der Waals surface area contributed by atoms with Crippen LogP contribution in [0.2, 0.25) is 0 Å². The Balaban J connectivity index is 1.14. The number of ether oxygens (including phenoxy) is 4. The van der Waals surface area contributed by atoms with E-state index in [1.54, 1.807) is 92.2 Å². The van der Waals surface area contributed by atoms with Gasteiger partial charge < -0.3 is 24.1 Å². The van der Waals surface area contributed by atoms with Gasteiger partial charge in [-0.25, -0.2) is 4.79 Å². The maximum Gasteiger partial charge on any atom is 0.343 e. The van der Waals surface area contributed by atoms with Crippen LogP contribution in [-0.2, 0) is 0 Å². The lowest BCUT2D eigenvalue weighted by molar-refractivity contribution is 0.0734. The second-order valence-electron chi connectivity index (χ2n) is 13.1. The highest BCUT2D eigenvalue weighted by atomic mass is 16.5. The van der Waals surface area contributed by atoms with Crippen molar-refractivity contribution >= 4 is 29.2 Å². The van der Waals surface area contributed by atoms with Crippen LogP contribution in [0.25, 0.3) is 0 Å². The molecule has 4 aromatic rings. The number of carbonyl (C=O) groups excluding carboxylic acids is 1. The van der Waals surface area contributed by atoms with Crippen LogP contribution < -0.4 is 18.9 Å². The number of phenolic OH excluding ortho intramolecular Hbond substituents is 1. The maximum atomic E-state index is 12.9. The summed E-state index contributed by atoms with van der Waals surface area (Å²) in [6, 6.07) is 24.1. The van der Waals surface area contributed by atoms with Crippen molar-refractivity contribution in [2.45, 2.75) is 96.8 Å². The summed E-state index contributed by atoms with van der Waals surface area (Å²) in [7, 11) is 3.06. The van der Waals surface area contributed by atoms with Gasteiger partial charge in [0.15, 0.2) is 0 Å². The molecule has 0 aliphatic heterocycles. The molecule has 9 nitrogen and oxygen atoms in total. The molecule has 0 spiro atoms. The number of aliphatic imine (C=N–C) groups is 1. The minimum Gasteiger partial charge on any atom is -0.507 e. The number of hydrogen-bond acceptors (Lipinski definition) is 9. The largest absolute Gasteiger partial charge is 0.507 e. The summed E-state index contributed by atoms with van der Waals surface area (Å²) in [5.74, 6) is 1.64. The van der Waals surface area contributed by atoms with Crippen molar-refractivity contribution in [3.05, 3.63) is 96.1 Å². The van der Waals surface area contributed by atoms with Crippen molar-refractivity contribution in [3.63, 3.8) is 0 Å². The molecule has 0 unspecified atom stereocenters. The molecule has 0 aromatic heterocycles. The van der Waals surface area contributed by atoms with Crippen LogP contribution in [0.4, 0.5) is 17.1 Å². The number of aromatic hydroxyl groups is 1. The first-order valence-electron chi connectivity index (χ1n) is 19.0. The molecule has 0 atom stereocenters. The minimum absolute atomic E-state index is 0.0814. The Kier molecular flexibility index (Phi) is 17.9. The second kappa shape index (κ2) is 23.4. The van der Waals surface area contributed by atoms with Crippen molar-refractivity contribution in [3.8, 4) is 28.7 Å². The third-order valence-electron chi connectivity index (χ3n) is 8.93. The van der Waals surface area contributed by atoms with Gasteiger partial charge in [0.25, 0.3) is 0 Å². The summed E-state index contributed by atoms with van der Waals surface area (Å²) in [4.78, 5) is 17.3. The van der Waals surface area contributed by atoms with Crippen molar-refractivity contribution in [1.29, 1.82) is 0 Å². The van der Waals surface area contributed by atoms with E-state index in [1.165, 1.54) is 96.6 Å². The zero-order valence-electron chi connectivity index (χ0n) is 31.6. The Bertz CT molecular complexity index is 1720. The average molecular weight is 722 g/mol. The van der Waals surface area contributed by atoms with Crippen LogP contribution in [0, 0.1) is 0 Å². The molecule has 0 fully saturated rings. The molecule has 0 saturated carbocycles. The number of phenols is 1. The third-order valence-corrected chi connectivity index (χ3v) is 8.93. The molecule has 282 valence electrons. The lowest BCUT2D eigenvalue weighted by Gasteiger charge is -2.09. The smallest absolute Gasteiger partial charge is 0.343 e. The first-order chi connectivity index (χ1) is 26.0. The molecule has 4 aromatic carbocycles. The van der Waals surface area contributed by atoms with E-state index in [0.29, 0.717) is 52.0 Å². The fourth-order valence-electron chi connectivity index (χ4n) is 5.76. The van der Waals surface area contributed by atoms with Gasteiger partial charge in [0.1, 0.15) is 34.4 Å². The van der Waals surface area contributed by atoms with Gasteiger partial charge in [0.2, 0.25) is 0 Å². The lowest BCUT2D eigenvalue weighted by atomic mass is 10.0. The van der Waals surface area contributed by atoms with E-state index in [1.807, 2.05) is 0 Å². The number of nitrogens with zero attached hydrogens (tertiary/aromatic N) is 3. The average Bonchev–Trinajstić information content (AvgIpc) is 3.18. The van der Waals surface area contributed by atoms with Crippen LogP contribution >= 0.6 is 0 Å². The SMILES string of the molecule is CCCCCCCCCCCCCCCCOc1ccc(C(=O)Oc2ccc(N=Nc3ccc(N=Cc4ccc(OC)cc4O)cc3)c(OC)c2)cc1. The molecule has 1 N–H and O–H groups in total. The Morgan fingerprint density at radius 1 is 0.623 bits per heavy atom. The predicted octanol–water partition coefficient (Wildman–Crippen LogP) is 12.7. The quantitative estimate of drug-likeness (QED) is 0.0253. The molecular weight excluding hydrogens is 666 g/mol. The normalized spacial score (nSPS) is 11.3. The highest BCUT2D eigenvalue weighted by Crippen LogP contribution is 2.33. The molecule has 0 aliphatic carbocycles. The highest BCUT2D eigenvalue weighted by molar-refractivity contribution is 5.91. The number of benzene rings is 4. The molecule has 9 heteroatoms. The summed E-state index contributed by atoms with van der Waals surface area (Å²) in [6.07, 6.45) is 20.1. The Labute approximate surface area is 315 Å². The summed E-state index contributed by atoms with van der Waals surface area (Å²) in [6.45, 7) is 2.94. The highest BCUT2D eigenvalue weighted by Gasteiger charge is 2.12. The van der Waals surface area contributed by atoms with Crippen LogP contribution in [0.5, 0.6) is 28.7 Å². The molecule has 0 heterocycles. The van der Waals surface area contributed by atoms with E-state index in [2.05, 4.69) is 22.1 Å². The van der Waals surface area contributed by atoms with Gasteiger partial charge >= 0.3 is 5.97 Å². The molecule has 53 heavy (non-hydrogen) atoms. The minimum atomic E-state index is -0.482. The maximum absolute atomic E-state index is 12.9. The fraction of sp³-hybridized carbons (Fsp3) is 0.409. The zero-order valence-corrected chi connectivity index (χ0v) is 31.6. The Hall–Kier alpha value is -5.18. The van der Waals surface area contributed by atoms with Gasteiger partial charge in [-0.1, -0.05) is 90.4 Å². The molecule has 4 rings (SSSR count). The molecular formula is C44H55N3O6. The Morgan fingerprint density at radius 2 is 1.21 bits per heavy atom. The number of azo groups is 1. The summed E-state index contributed by atoms with van der Waals surface area (Å²) < 4.78 is 22.1. The fourth-order valence-corrected chi connectivity index (χ4v) is 5.76. The van der Waals surface area contributed by atoms with E-state index < -0.39 is 5.97 Å². The van der Waals surface area contributed by atoms with E-state index in [9.17, 15) is 9.90 Å². The molecule has 0 radical (unpaired) electrons. The first kappa shape index (κ1) is 40.6. The number of hydrogen-bond donors (Lipinski definition) is 1. The summed E-state index contributed by atoms with van der Waals surface area (Å²) in [5, 5.41) is 18.8. The number of esters is 1. The summed E-state index contributed by atoms with van der Waals surface area (Å²) in [5.41, 5.74) is 2.77. The second-order valence-corrected chi connectivity index (χ2v) is 13.1. The van der Waals surface area contributed by atoms with E-state index in [0.717, 1.165) is 12.2 Å². The van der Waals surface area contributed by atoms with Crippen molar-refractivity contribution in [1.82, 2.24) is 0 Å². The van der Waals surface area contributed by atoms with Gasteiger partial charge in [0.05, 0.1) is 37.8 Å². The van der Waals surface area contributed by atoms with Crippen LogP contribution in [0.1, 0.15) is 113 Å². The van der Waals surface area contributed by atoms with E-state index in [-0.39, 0.29) is 5.75 Å². The molecule has 0 bridgehead atoms. The molecule has 0 saturated heterocycles. The van der Waals surface area contributed by atoms with E-state index in [4.69, 9.17) is 18.9 Å². The van der Waals surface area contributed by atoms with Gasteiger partial charge in [0, 0.05) is 23.9 Å². The van der Waals surface area contributed by atoms with Crippen LogP contribution in [0.3, 0.4) is 0 Å². The number of rotatable bonds is 24. The van der Waals surface area contributed by atoms with Gasteiger partial charge in [-0.3, -0.25) is 4.99 Å². The Morgan fingerprint density at radius 3 is 1.81 bits per heavy atom. The predicted molar refractivity (Wildman–Crippen MR) is 213 cm³/mol. The molecule has 0 aliphatic rings. The van der Waals surface area contributed by atoms with Gasteiger partial charge in [-0.2, -0.15) is 5.11 Å². The van der Waals surface area contributed by atoms with Gasteiger partial charge in [-0.15, -0.1) is 5.11 Å². The topological polar surface area (TPSA) is 111 Å².